The van der Waals surface area contributed by atoms with E-state index >= 15 is 0 Å². The molecule has 0 aromatic heterocycles. The lowest BCUT2D eigenvalue weighted by Gasteiger charge is -2.49. The molecular formula is C56H87F4NO10. The monoisotopic (exact) mass is 1010 g/mol. The van der Waals surface area contributed by atoms with E-state index < -0.39 is 73.2 Å². The molecule has 7 aliphatic carbocycles. The number of nitrogens with zero attached hydrogens (tertiary/aromatic N) is 1. The Morgan fingerprint density at radius 1 is 0.465 bits per heavy atom. The molecule has 71 heavy (non-hydrogen) atoms. The van der Waals surface area contributed by atoms with Gasteiger partial charge < -0.3 is 28.4 Å². The van der Waals surface area contributed by atoms with E-state index in [1.807, 2.05) is 7.11 Å². The minimum atomic E-state index is -4.79. The van der Waals surface area contributed by atoms with Gasteiger partial charge in [-0.15, -0.1) is 0 Å². The van der Waals surface area contributed by atoms with Gasteiger partial charge in [-0.05, 0) is 209 Å². The second kappa shape index (κ2) is 26.0. The second-order valence-corrected chi connectivity index (χ2v) is 23.4. The van der Waals surface area contributed by atoms with Crippen molar-refractivity contribution in [1.29, 1.82) is 0 Å². The van der Waals surface area contributed by atoms with E-state index in [1.165, 1.54) is 84.0 Å². The number of carbonyl (C=O) groups is 4. The third-order valence-electron chi connectivity index (χ3n) is 18.2. The lowest BCUT2D eigenvalue weighted by molar-refractivity contribution is -0.249. The lowest BCUT2D eigenvalue weighted by Crippen LogP contribution is -2.52. The van der Waals surface area contributed by atoms with Crippen LogP contribution in [0.25, 0.3) is 0 Å². The van der Waals surface area contributed by atoms with E-state index in [0.717, 1.165) is 75.3 Å². The minimum Gasteiger partial charge on any atom is -0.463 e. The first-order valence-corrected chi connectivity index (χ1v) is 28.1. The van der Waals surface area contributed by atoms with Crippen molar-refractivity contribution in [2.24, 2.45) is 41.4 Å². The van der Waals surface area contributed by atoms with Crippen LogP contribution in [0.2, 0.25) is 0 Å². The summed E-state index contributed by atoms with van der Waals surface area (Å²) < 4.78 is 90.2. The van der Waals surface area contributed by atoms with E-state index in [9.17, 15) is 36.7 Å². The summed E-state index contributed by atoms with van der Waals surface area (Å²) in [5, 5.41) is 0. The zero-order valence-electron chi connectivity index (χ0n) is 43.4. The molecule has 0 aromatic rings. The number of esters is 3. The van der Waals surface area contributed by atoms with Crippen molar-refractivity contribution in [3.63, 3.8) is 0 Å². The van der Waals surface area contributed by atoms with E-state index in [2.05, 4.69) is 29.6 Å². The molecule has 0 aromatic carbocycles. The molecule has 0 atom stereocenters. The highest BCUT2D eigenvalue weighted by Gasteiger charge is 2.58. The first-order valence-electron chi connectivity index (χ1n) is 28.1. The number of halogens is 4. The van der Waals surface area contributed by atoms with Crippen molar-refractivity contribution < 1.29 is 65.2 Å². The number of carbonyl (C=O) groups excluding carboxylic acids is 4. The Balaban J connectivity index is 0.828. The summed E-state index contributed by atoms with van der Waals surface area (Å²) in [6.07, 6.45) is 27.1. The molecule has 7 aliphatic rings. The molecule has 7 saturated carbocycles. The van der Waals surface area contributed by atoms with Crippen LogP contribution in [0.15, 0.2) is 11.6 Å². The van der Waals surface area contributed by atoms with Gasteiger partial charge in [0, 0.05) is 32.2 Å². The number of allylic oxidation sites excluding steroid dienone is 2. The average molecular weight is 1010 g/mol. The molecule has 0 spiro atoms. The van der Waals surface area contributed by atoms with Gasteiger partial charge in [-0.2, -0.15) is 17.6 Å². The molecular weight excluding hydrogens is 923 g/mol. The standard InChI is InChI=1S/C56H87F4NO10/c1-36-5-19-44(20-6-36)61(45-21-7-37(2)8-22-45)46-23-9-39(10-24-46)33-51(40-11-25-47(66-4)26-12-40)41-13-27-49(28-14-41)70-54(65)71-50-31-17-43(18-32-50)53(64)68-35-56(59,60)55(57,58)34-67-52(63)42-15-29-48(30-16-42)69-38(3)62/h33,36-37,39-50H,5-32,34-35H2,1-4H3/b51-33+. The van der Waals surface area contributed by atoms with Gasteiger partial charge in [0.2, 0.25) is 0 Å². The fraction of sp³-hybridized carbons (Fsp3) is 0.893. The van der Waals surface area contributed by atoms with Crippen LogP contribution in [0.1, 0.15) is 201 Å². The Morgan fingerprint density at radius 2 is 0.803 bits per heavy atom. The molecule has 11 nitrogen and oxygen atoms in total. The molecule has 0 heterocycles. The van der Waals surface area contributed by atoms with Crippen LogP contribution in [-0.4, -0.2) is 104 Å². The highest BCUT2D eigenvalue weighted by molar-refractivity contribution is 5.73. The molecule has 0 aliphatic heterocycles. The Bertz CT molecular complexity index is 1700. The summed E-state index contributed by atoms with van der Waals surface area (Å²) in [4.78, 5) is 52.4. The highest BCUT2D eigenvalue weighted by atomic mass is 19.3. The summed E-state index contributed by atoms with van der Waals surface area (Å²) in [5.74, 6) is -10.3. The van der Waals surface area contributed by atoms with E-state index in [0.29, 0.717) is 42.7 Å². The van der Waals surface area contributed by atoms with Gasteiger partial charge in [0.15, 0.2) is 13.2 Å². The molecule has 0 unspecified atom stereocenters. The van der Waals surface area contributed by atoms with Crippen molar-refractivity contribution >= 4 is 24.1 Å². The van der Waals surface area contributed by atoms with E-state index in [4.69, 9.17) is 23.7 Å². The number of ether oxygens (including phenoxy) is 6. The minimum absolute atomic E-state index is 0.169. The molecule has 0 saturated heterocycles. The third-order valence-corrected chi connectivity index (χ3v) is 18.2. The quantitative estimate of drug-likeness (QED) is 0.0598. The number of hydrogen-bond acceptors (Lipinski definition) is 11. The summed E-state index contributed by atoms with van der Waals surface area (Å²) >= 11 is 0. The number of hydrogen-bond donors (Lipinski definition) is 0. The van der Waals surface area contributed by atoms with Crippen LogP contribution < -0.4 is 0 Å². The van der Waals surface area contributed by atoms with Gasteiger partial charge in [0.05, 0.1) is 17.9 Å². The first kappa shape index (κ1) is 55.8. The molecule has 0 bridgehead atoms. The highest BCUT2D eigenvalue weighted by Crippen LogP contribution is 2.45. The Hall–Kier alpha value is -2.94. The second-order valence-electron chi connectivity index (χ2n) is 23.4. The van der Waals surface area contributed by atoms with Crippen LogP contribution in [0.4, 0.5) is 22.4 Å². The van der Waals surface area contributed by atoms with Crippen molar-refractivity contribution in [1.82, 2.24) is 4.90 Å². The molecule has 7 fully saturated rings. The summed E-state index contributed by atoms with van der Waals surface area (Å²) in [6, 6.07) is 2.22. The molecule has 0 N–H and O–H groups in total. The van der Waals surface area contributed by atoms with Crippen molar-refractivity contribution in [3.05, 3.63) is 11.6 Å². The van der Waals surface area contributed by atoms with E-state index in [1.54, 1.807) is 5.57 Å². The van der Waals surface area contributed by atoms with Crippen LogP contribution in [0, 0.1) is 41.4 Å². The summed E-state index contributed by atoms with van der Waals surface area (Å²) in [7, 11) is 1.83. The van der Waals surface area contributed by atoms with E-state index in [-0.39, 0.29) is 44.6 Å². The SMILES string of the molecule is COC1CCC(/C(=C\C2CCC(N(C3CCC(C)CC3)C3CCC(C)CC3)CC2)C2CCC(OC(=O)OC3CCC(C(=O)OCC(F)(F)C(F)(F)COC(=O)C4CCC(OC(C)=O)CC4)CC3)CC2)CC1. The lowest BCUT2D eigenvalue weighted by atomic mass is 9.70. The Morgan fingerprint density at radius 3 is 1.17 bits per heavy atom. The van der Waals surface area contributed by atoms with Gasteiger partial charge in [0.25, 0.3) is 0 Å². The zero-order valence-corrected chi connectivity index (χ0v) is 43.4. The first-order chi connectivity index (χ1) is 34.0. The maximum Gasteiger partial charge on any atom is 0.508 e. The largest absolute Gasteiger partial charge is 0.508 e. The predicted octanol–water partition coefficient (Wildman–Crippen LogP) is 12.9. The van der Waals surface area contributed by atoms with Crippen LogP contribution in [0.3, 0.4) is 0 Å². The summed E-state index contributed by atoms with van der Waals surface area (Å²) in [6.45, 7) is 2.39. The Kier molecular flexibility index (Phi) is 20.4. The fourth-order valence-corrected chi connectivity index (χ4v) is 13.7. The van der Waals surface area contributed by atoms with Crippen LogP contribution >= 0.6 is 0 Å². The molecule has 15 heteroatoms. The van der Waals surface area contributed by atoms with Gasteiger partial charge in [-0.25, -0.2) is 4.79 Å². The smallest absolute Gasteiger partial charge is 0.463 e. The number of rotatable bonds is 17. The van der Waals surface area contributed by atoms with Crippen LogP contribution in [0.5, 0.6) is 0 Å². The maximum absolute atomic E-state index is 14.7. The molecule has 404 valence electrons. The fourth-order valence-electron chi connectivity index (χ4n) is 13.7. The average Bonchev–Trinajstić information content (AvgIpc) is 3.36. The maximum atomic E-state index is 14.7. The third kappa shape index (κ3) is 15.8. The zero-order chi connectivity index (χ0) is 50.7. The molecule has 0 amide bonds. The van der Waals surface area contributed by atoms with Gasteiger partial charge in [0.1, 0.15) is 18.3 Å². The van der Waals surface area contributed by atoms with Crippen molar-refractivity contribution in [3.8, 4) is 0 Å². The van der Waals surface area contributed by atoms with Crippen molar-refractivity contribution in [2.45, 2.75) is 255 Å². The predicted molar refractivity (Wildman–Crippen MR) is 260 cm³/mol. The van der Waals surface area contributed by atoms with Crippen LogP contribution in [-0.2, 0) is 42.8 Å². The normalized spacial score (nSPS) is 35.8. The summed E-state index contributed by atoms with van der Waals surface area (Å²) in [5.41, 5.74) is 1.64. The number of alkyl halides is 4. The molecule has 0 radical (unpaired) electrons. The van der Waals surface area contributed by atoms with Gasteiger partial charge in [-0.1, -0.05) is 25.5 Å². The Labute approximate surface area is 421 Å². The van der Waals surface area contributed by atoms with Crippen molar-refractivity contribution in [2.75, 3.05) is 20.3 Å². The topological polar surface area (TPSA) is 127 Å². The van der Waals surface area contributed by atoms with Gasteiger partial charge in [-0.3, -0.25) is 19.3 Å². The molecule has 7 rings (SSSR count). The number of methoxy groups -OCH3 is 1. The van der Waals surface area contributed by atoms with Gasteiger partial charge >= 0.3 is 35.9 Å².